The SMILES string of the molecule is CCC1CCC(CNCc2ccccc2[N+](=O)[O-])CC1. The molecule has 2 rings (SSSR count). The van der Waals surface area contributed by atoms with E-state index in [1.165, 1.54) is 32.1 Å². The Kier molecular flexibility index (Phi) is 5.53. The average Bonchev–Trinajstić information content (AvgIpc) is 2.48. The number of para-hydroxylation sites is 1. The van der Waals surface area contributed by atoms with Gasteiger partial charge in [-0.15, -0.1) is 0 Å². The zero-order chi connectivity index (χ0) is 14.4. The number of nitro benzene ring substituents is 1. The van der Waals surface area contributed by atoms with E-state index in [2.05, 4.69) is 12.2 Å². The third-order valence-electron chi connectivity index (χ3n) is 4.48. The summed E-state index contributed by atoms with van der Waals surface area (Å²) in [6.45, 7) is 3.84. The molecule has 1 aromatic carbocycles. The van der Waals surface area contributed by atoms with Crippen molar-refractivity contribution in [2.45, 2.75) is 45.6 Å². The zero-order valence-electron chi connectivity index (χ0n) is 12.2. The van der Waals surface area contributed by atoms with Crippen molar-refractivity contribution >= 4 is 5.69 Å². The predicted molar refractivity (Wildman–Crippen MR) is 80.5 cm³/mol. The molecule has 0 atom stereocenters. The van der Waals surface area contributed by atoms with Crippen LogP contribution in [0.3, 0.4) is 0 Å². The predicted octanol–water partition coefficient (Wildman–Crippen LogP) is 3.90. The Morgan fingerprint density at radius 3 is 2.50 bits per heavy atom. The van der Waals surface area contributed by atoms with Gasteiger partial charge in [0.1, 0.15) is 0 Å². The van der Waals surface area contributed by atoms with Gasteiger partial charge in [-0.3, -0.25) is 10.1 Å². The lowest BCUT2D eigenvalue weighted by Crippen LogP contribution is -2.26. The first kappa shape index (κ1) is 15.0. The van der Waals surface area contributed by atoms with Crippen LogP contribution >= 0.6 is 0 Å². The molecule has 0 amide bonds. The molecule has 0 heterocycles. The third-order valence-corrected chi connectivity index (χ3v) is 4.48. The fraction of sp³-hybridized carbons (Fsp3) is 0.625. The lowest BCUT2D eigenvalue weighted by Gasteiger charge is -2.27. The Morgan fingerprint density at radius 2 is 1.85 bits per heavy atom. The van der Waals surface area contributed by atoms with Crippen LogP contribution < -0.4 is 5.32 Å². The van der Waals surface area contributed by atoms with Gasteiger partial charge in [0.2, 0.25) is 0 Å². The summed E-state index contributed by atoms with van der Waals surface area (Å²) in [5, 5.41) is 14.3. The van der Waals surface area contributed by atoms with Crippen LogP contribution in [0.1, 0.15) is 44.6 Å². The molecule has 4 nitrogen and oxygen atoms in total. The van der Waals surface area contributed by atoms with Crippen LogP contribution in [0.25, 0.3) is 0 Å². The number of hydrogen-bond acceptors (Lipinski definition) is 3. The van der Waals surface area contributed by atoms with Gasteiger partial charge in [0.25, 0.3) is 5.69 Å². The molecular weight excluding hydrogens is 252 g/mol. The topological polar surface area (TPSA) is 55.2 Å². The van der Waals surface area contributed by atoms with Crippen molar-refractivity contribution in [1.29, 1.82) is 0 Å². The molecule has 110 valence electrons. The lowest BCUT2D eigenvalue weighted by molar-refractivity contribution is -0.385. The van der Waals surface area contributed by atoms with Gasteiger partial charge in [-0.05, 0) is 31.2 Å². The van der Waals surface area contributed by atoms with Gasteiger partial charge < -0.3 is 5.32 Å². The fourth-order valence-corrected chi connectivity index (χ4v) is 3.09. The highest BCUT2D eigenvalue weighted by atomic mass is 16.6. The van der Waals surface area contributed by atoms with Crippen molar-refractivity contribution in [2.75, 3.05) is 6.54 Å². The van der Waals surface area contributed by atoms with Gasteiger partial charge in [0.15, 0.2) is 0 Å². The minimum Gasteiger partial charge on any atom is -0.312 e. The summed E-state index contributed by atoms with van der Waals surface area (Å²) < 4.78 is 0. The Balaban J connectivity index is 1.78. The normalized spacial score (nSPS) is 22.6. The summed E-state index contributed by atoms with van der Waals surface area (Å²) in [6.07, 6.45) is 6.57. The number of benzene rings is 1. The van der Waals surface area contributed by atoms with Crippen molar-refractivity contribution in [2.24, 2.45) is 11.8 Å². The number of hydrogen-bond donors (Lipinski definition) is 1. The minimum atomic E-state index is -0.302. The number of nitrogens with one attached hydrogen (secondary N) is 1. The maximum Gasteiger partial charge on any atom is 0.273 e. The van der Waals surface area contributed by atoms with Crippen LogP contribution in [0.4, 0.5) is 5.69 Å². The highest BCUT2D eigenvalue weighted by Crippen LogP contribution is 2.30. The van der Waals surface area contributed by atoms with E-state index in [9.17, 15) is 10.1 Å². The number of nitro groups is 1. The second-order valence-corrected chi connectivity index (χ2v) is 5.81. The van der Waals surface area contributed by atoms with Crippen LogP contribution in [0, 0.1) is 22.0 Å². The minimum absolute atomic E-state index is 0.217. The first-order chi connectivity index (χ1) is 9.70. The average molecular weight is 276 g/mol. The first-order valence-corrected chi connectivity index (χ1v) is 7.63. The molecule has 0 aromatic heterocycles. The quantitative estimate of drug-likeness (QED) is 0.633. The summed E-state index contributed by atoms with van der Waals surface area (Å²) in [4.78, 5) is 10.6. The maximum atomic E-state index is 10.9. The molecule has 1 N–H and O–H groups in total. The van der Waals surface area contributed by atoms with Gasteiger partial charge in [0, 0.05) is 18.2 Å². The van der Waals surface area contributed by atoms with Crippen LogP contribution in [0.2, 0.25) is 0 Å². The molecule has 1 aliphatic rings. The molecule has 0 saturated heterocycles. The molecule has 4 heteroatoms. The number of nitrogens with zero attached hydrogens (tertiary/aromatic N) is 1. The standard InChI is InChI=1S/C16H24N2O2/c1-2-13-7-9-14(10-8-13)11-17-12-15-5-3-4-6-16(15)18(19)20/h3-6,13-14,17H,2,7-12H2,1H3. The van der Waals surface area contributed by atoms with Crippen LogP contribution in [0.15, 0.2) is 24.3 Å². The Hall–Kier alpha value is -1.42. The molecular formula is C16H24N2O2. The van der Waals surface area contributed by atoms with E-state index in [1.54, 1.807) is 12.1 Å². The van der Waals surface area contributed by atoms with Crippen LogP contribution in [-0.4, -0.2) is 11.5 Å². The van der Waals surface area contributed by atoms with Crippen molar-refractivity contribution in [3.05, 3.63) is 39.9 Å². The largest absolute Gasteiger partial charge is 0.312 e. The van der Waals surface area contributed by atoms with Crippen molar-refractivity contribution < 1.29 is 4.92 Å². The van der Waals surface area contributed by atoms with Crippen molar-refractivity contribution in [3.63, 3.8) is 0 Å². The highest BCUT2D eigenvalue weighted by molar-refractivity contribution is 5.39. The van der Waals surface area contributed by atoms with E-state index < -0.39 is 0 Å². The molecule has 1 saturated carbocycles. The van der Waals surface area contributed by atoms with Crippen LogP contribution in [-0.2, 0) is 6.54 Å². The van der Waals surface area contributed by atoms with Gasteiger partial charge in [-0.2, -0.15) is 0 Å². The number of rotatable bonds is 6. The molecule has 20 heavy (non-hydrogen) atoms. The Morgan fingerprint density at radius 1 is 1.20 bits per heavy atom. The van der Waals surface area contributed by atoms with E-state index in [0.29, 0.717) is 6.54 Å². The monoisotopic (exact) mass is 276 g/mol. The summed E-state index contributed by atoms with van der Waals surface area (Å²) in [5.74, 6) is 1.65. The van der Waals surface area contributed by atoms with Gasteiger partial charge in [0.05, 0.1) is 4.92 Å². The highest BCUT2D eigenvalue weighted by Gasteiger charge is 2.20. The fourth-order valence-electron chi connectivity index (χ4n) is 3.09. The van der Waals surface area contributed by atoms with E-state index >= 15 is 0 Å². The molecule has 1 fully saturated rings. The molecule has 0 unspecified atom stereocenters. The molecule has 0 spiro atoms. The van der Waals surface area contributed by atoms with Gasteiger partial charge in [-0.25, -0.2) is 0 Å². The van der Waals surface area contributed by atoms with E-state index in [4.69, 9.17) is 0 Å². The smallest absolute Gasteiger partial charge is 0.273 e. The molecule has 0 aliphatic heterocycles. The second kappa shape index (κ2) is 7.39. The maximum absolute atomic E-state index is 10.9. The summed E-state index contributed by atoms with van der Waals surface area (Å²) in [5.41, 5.74) is 0.995. The van der Waals surface area contributed by atoms with Gasteiger partial charge >= 0.3 is 0 Å². The molecule has 0 bridgehead atoms. The van der Waals surface area contributed by atoms with Gasteiger partial charge in [-0.1, -0.05) is 44.4 Å². The van der Waals surface area contributed by atoms with Crippen molar-refractivity contribution in [1.82, 2.24) is 5.32 Å². The van der Waals surface area contributed by atoms with Crippen LogP contribution in [0.5, 0.6) is 0 Å². The van der Waals surface area contributed by atoms with E-state index in [0.717, 1.165) is 23.9 Å². The summed E-state index contributed by atoms with van der Waals surface area (Å²) in [7, 11) is 0. The second-order valence-electron chi connectivity index (χ2n) is 5.81. The molecule has 0 radical (unpaired) electrons. The van der Waals surface area contributed by atoms with Crippen molar-refractivity contribution in [3.8, 4) is 0 Å². The Bertz CT molecular complexity index is 440. The van der Waals surface area contributed by atoms with E-state index in [-0.39, 0.29) is 10.6 Å². The summed E-state index contributed by atoms with van der Waals surface area (Å²) >= 11 is 0. The third kappa shape index (κ3) is 4.04. The molecule has 1 aromatic rings. The summed E-state index contributed by atoms with van der Waals surface area (Å²) in [6, 6.07) is 6.98. The Labute approximate surface area is 120 Å². The molecule has 1 aliphatic carbocycles. The first-order valence-electron chi connectivity index (χ1n) is 7.63. The zero-order valence-corrected chi connectivity index (χ0v) is 12.2. The van der Waals surface area contributed by atoms with E-state index in [1.807, 2.05) is 12.1 Å². The lowest BCUT2D eigenvalue weighted by atomic mass is 9.81.